The molecular formula is C12H14N2O. The van der Waals surface area contributed by atoms with E-state index in [0.717, 1.165) is 12.8 Å². The minimum atomic E-state index is -0.132. The summed E-state index contributed by atoms with van der Waals surface area (Å²) in [6, 6.07) is 6.77. The van der Waals surface area contributed by atoms with E-state index in [4.69, 9.17) is 11.0 Å². The van der Waals surface area contributed by atoms with Crippen molar-refractivity contribution in [2.45, 2.75) is 25.3 Å². The number of nitriles is 1. The van der Waals surface area contributed by atoms with Gasteiger partial charge in [0.1, 0.15) is 5.75 Å². The fraction of sp³-hybridized carbons (Fsp3) is 0.417. The molecule has 0 bridgehead atoms. The summed E-state index contributed by atoms with van der Waals surface area (Å²) in [6.45, 7) is 0. The van der Waals surface area contributed by atoms with Gasteiger partial charge in [-0.25, -0.2) is 0 Å². The highest BCUT2D eigenvalue weighted by Crippen LogP contribution is 2.38. The van der Waals surface area contributed by atoms with Gasteiger partial charge in [0.25, 0.3) is 0 Å². The lowest BCUT2D eigenvalue weighted by atomic mass is 9.77. The molecule has 0 radical (unpaired) electrons. The minimum absolute atomic E-state index is 0.132. The molecule has 0 spiro atoms. The third kappa shape index (κ3) is 1.81. The van der Waals surface area contributed by atoms with Gasteiger partial charge in [-0.05, 0) is 37.0 Å². The predicted octanol–water partition coefficient (Wildman–Crippen LogP) is 2.06. The summed E-state index contributed by atoms with van der Waals surface area (Å²) in [5.41, 5.74) is 7.32. The van der Waals surface area contributed by atoms with Crippen LogP contribution in [-0.2, 0) is 0 Å². The first-order valence-corrected chi connectivity index (χ1v) is 5.21. The van der Waals surface area contributed by atoms with Crippen LogP contribution in [0.3, 0.4) is 0 Å². The number of aromatic hydroxyl groups is 1. The number of hydrogen-bond acceptors (Lipinski definition) is 3. The Balaban J connectivity index is 2.29. The Morgan fingerprint density at radius 3 is 2.73 bits per heavy atom. The Hall–Kier alpha value is -1.53. The lowest BCUT2D eigenvalue weighted by Crippen LogP contribution is -2.26. The molecule has 0 heterocycles. The van der Waals surface area contributed by atoms with Gasteiger partial charge in [0.05, 0.1) is 11.6 Å². The molecule has 0 aliphatic heterocycles. The zero-order chi connectivity index (χ0) is 10.8. The van der Waals surface area contributed by atoms with Crippen molar-refractivity contribution in [2.24, 2.45) is 11.7 Å². The van der Waals surface area contributed by atoms with Crippen molar-refractivity contribution in [1.29, 1.82) is 5.26 Å². The van der Waals surface area contributed by atoms with Crippen LogP contribution in [0.25, 0.3) is 0 Å². The Morgan fingerprint density at radius 2 is 2.20 bits per heavy atom. The van der Waals surface area contributed by atoms with Crippen LogP contribution in [0.2, 0.25) is 0 Å². The standard InChI is InChI=1S/C12H14N2O/c13-7-8-4-5-11(15)10(6-8)12(14)9-2-1-3-9/h4-6,9,12,15H,1-3,14H2/t12-/m1/s1. The second-order valence-electron chi connectivity index (χ2n) is 4.10. The van der Waals surface area contributed by atoms with Crippen molar-refractivity contribution in [3.8, 4) is 11.8 Å². The molecule has 15 heavy (non-hydrogen) atoms. The van der Waals surface area contributed by atoms with Crippen LogP contribution in [0.1, 0.15) is 36.4 Å². The van der Waals surface area contributed by atoms with E-state index in [2.05, 4.69) is 6.07 Å². The van der Waals surface area contributed by atoms with Crippen molar-refractivity contribution in [1.82, 2.24) is 0 Å². The van der Waals surface area contributed by atoms with Gasteiger partial charge in [-0.1, -0.05) is 6.42 Å². The van der Waals surface area contributed by atoms with E-state index in [1.807, 2.05) is 0 Å². The lowest BCUT2D eigenvalue weighted by molar-refractivity contribution is 0.260. The summed E-state index contributed by atoms with van der Waals surface area (Å²) in [7, 11) is 0. The molecule has 3 N–H and O–H groups in total. The van der Waals surface area contributed by atoms with Crippen molar-refractivity contribution in [3.63, 3.8) is 0 Å². The van der Waals surface area contributed by atoms with E-state index < -0.39 is 0 Å². The van der Waals surface area contributed by atoms with Crippen molar-refractivity contribution >= 4 is 0 Å². The van der Waals surface area contributed by atoms with Crippen LogP contribution in [-0.4, -0.2) is 5.11 Å². The molecule has 1 atom stereocenters. The van der Waals surface area contributed by atoms with E-state index in [1.54, 1.807) is 18.2 Å². The van der Waals surface area contributed by atoms with Gasteiger partial charge in [-0.15, -0.1) is 0 Å². The van der Waals surface area contributed by atoms with Crippen molar-refractivity contribution in [2.75, 3.05) is 0 Å². The average molecular weight is 202 g/mol. The number of benzene rings is 1. The molecule has 78 valence electrons. The number of hydrogen-bond donors (Lipinski definition) is 2. The summed E-state index contributed by atoms with van der Waals surface area (Å²) < 4.78 is 0. The first-order valence-electron chi connectivity index (χ1n) is 5.21. The summed E-state index contributed by atoms with van der Waals surface area (Å²) in [6.07, 6.45) is 3.46. The van der Waals surface area contributed by atoms with Crippen LogP contribution in [0.4, 0.5) is 0 Å². The third-order valence-electron chi connectivity index (χ3n) is 3.17. The SMILES string of the molecule is N#Cc1ccc(O)c([C@H](N)C2CCC2)c1. The number of phenolic OH excluding ortho intramolecular Hbond substituents is 1. The Bertz CT molecular complexity index is 405. The number of rotatable bonds is 2. The summed E-state index contributed by atoms with van der Waals surface area (Å²) in [5.74, 6) is 0.665. The zero-order valence-corrected chi connectivity index (χ0v) is 8.48. The second kappa shape index (κ2) is 3.92. The summed E-state index contributed by atoms with van der Waals surface area (Å²) in [4.78, 5) is 0. The van der Waals surface area contributed by atoms with E-state index in [-0.39, 0.29) is 11.8 Å². The molecule has 0 amide bonds. The predicted molar refractivity (Wildman–Crippen MR) is 57.1 cm³/mol. The monoisotopic (exact) mass is 202 g/mol. The molecule has 0 saturated heterocycles. The van der Waals surface area contributed by atoms with Gasteiger partial charge < -0.3 is 10.8 Å². The highest BCUT2D eigenvalue weighted by atomic mass is 16.3. The number of nitrogens with two attached hydrogens (primary N) is 1. The fourth-order valence-corrected chi connectivity index (χ4v) is 1.94. The Morgan fingerprint density at radius 1 is 1.47 bits per heavy atom. The normalized spacial score (nSPS) is 17.9. The highest BCUT2D eigenvalue weighted by Gasteiger charge is 2.27. The molecule has 0 unspecified atom stereocenters. The lowest BCUT2D eigenvalue weighted by Gasteiger charge is -2.31. The quantitative estimate of drug-likeness (QED) is 0.771. The Labute approximate surface area is 89.1 Å². The van der Waals surface area contributed by atoms with Crippen LogP contribution in [0.15, 0.2) is 18.2 Å². The third-order valence-corrected chi connectivity index (χ3v) is 3.17. The maximum atomic E-state index is 9.68. The molecule has 3 heteroatoms. The first kappa shape index (κ1) is 10.0. The molecular weight excluding hydrogens is 188 g/mol. The van der Waals surface area contributed by atoms with Crippen LogP contribution < -0.4 is 5.73 Å². The smallest absolute Gasteiger partial charge is 0.120 e. The van der Waals surface area contributed by atoms with Gasteiger partial charge >= 0.3 is 0 Å². The molecule has 1 aliphatic carbocycles. The van der Waals surface area contributed by atoms with Gasteiger partial charge in [0.2, 0.25) is 0 Å². The van der Waals surface area contributed by atoms with E-state index in [9.17, 15) is 5.11 Å². The van der Waals surface area contributed by atoms with Crippen molar-refractivity contribution < 1.29 is 5.11 Å². The molecule has 1 saturated carbocycles. The second-order valence-corrected chi connectivity index (χ2v) is 4.10. The molecule has 3 nitrogen and oxygen atoms in total. The maximum Gasteiger partial charge on any atom is 0.120 e. The van der Waals surface area contributed by atoms with E-state index in [0.29, 0.717) is 17.0 Å². The molecule has 0 aromatic heterocycles. The van der Waals surface area contributed by atoms with E-state index in [1.165, 1.54) is 6.42 Å². The topological polar surface area (TPSA) is 70.0 Å². The zero-order valence-electron chi connectivity index (χ0n) is 8.48. The highest BCUT2D eigenvalue weighted by molar-refractivity contribution is 5.43. The van der Waals surface area contributed by atoms with Crippen LogP contribution in [0, 0.1) is 17.2 Å². The Kier molecular flexibility index (Phi) is 2.61. The van der Waals surface area contributed by atoms with Gasteiger partial charge in [-0.2, -0.15) is 5.26 Å². The summed E-state index contributed by atoms with van der Waals surface area (Å²) in [5, 5.41) is 18.5. The molecule has 1 aliphatic rings. The number of nitrogens with zero attached hydrogens (tertiary/aromatic N) is 1. The van der Waals surface area contributed by atoms with Crippen molar-refractivity contribution in [3.05, 3.63) is 29.3 Å². The van der Waals surface area contributed by atoms with Gasteiger partial charge in [0.15, 0.2) is 0 Å². The van der Waals surface area contributed by atoms with E-state index >= 15 is 0 Å². The molecule has 2 rings (SSSR count). The van der Waals surface area contributed by atoms with Gasteiger partial charge in [-0.3, -0.25) is 0 Å². The largest absolute Gasteiger partial charge is 0.508 e. The molecule has 1 aromatic carbocycles. The van der Waals surface area contributed by atoms with Gasteiger partial charge in [0, 0.05) is 11.6 Å². The maximum absolute atomic E-state index is 9.68. The fourth-order valence-electron chi connectivity index (χ4n) is 1.94. The molecule has 1 fully saturated rings. The summed E-state index contributed by atoms with van der Waals surface area (Å²) >= 11 is 0. The molecule has 1 aromatic rings. The minimum Gasteiger partial charge on any atom is -0.508 e. The average Bonchev–Trinajstić information content (AvgIpc) is 2.15. The van der Waals surface area contributed by atoms with Crippen LogP contribution >= 0.6 is 0 Å². The van der Waals surface area contributed by atoms with Crippen LogP contribution in [0.5, 0.6) is 5.75 Å². The number of phenols is 1. The first-order chi connectivity index (χ1) is 7.22.